The van der Waals surface area contributed by atoms with E-state index in [1.165, 1.54) is 12.1 Å². The first-order chi connectivity index (χ1) is 10.8. The van der Waals surface area contributed by atoms with Gasteiger partial charge in [-0.05, 0) is 56.7 Å². The fraction of sp³-hybridized carbons (Fsp3) is 0.278. The van der Waals surface area contributed by atoms with Gasteiger partial charge in [-0.3, -0.25) is 4.79 Å². The van der Waals surface area contributed by atoms with Crippen molar-refractivity contribution in [1.29, 1.82) is 0 Å². The third kappa shape index (κ3) is 4.53. The van der Waals surface area contributed by atoms with Crippen molar-refractivity contribution < 1.29 is 18.7 Å². The molecule has 2 N–H and O–H groups in total. The lowest BCUT2D eigenvalue weighted by molar-refractivity contribution is -0.118. The zero-order chi connectivity index (χ0) is 17.0. The van der Waals surface area contributed by atoms with E-state index in [2.05, 4.69) is 5.32 Å². The van der Waals surface area contributed by atoms with E-state index in [-0.39, 0.29) is 18.3 Å². The van der Waals surface area contributed by atoms with E-state index in [0.29, 0.717) is 17.1 Å². The summed E-state index contributed by atoms with van der Waals surface area (Å²) in [4.78, 5) is 12.1. The number of rotatable bonds is 5. The Labute approximate surface area is 134 Å². The van der Waals surface area contributed by atoms with Crippen LogP contribution in [0.2, 0.25) is 0 Å². The number of aliphatic hydroxyl groups is 1. The number of carbonyl (C=O) groups is 1. The van der Waals surface area contributed by atoms with E-state index in [0.717, 1.165) is 5.56 Å². The van der Waals surface area contributed by atoms with Gasteiger partial charge in [0.1, 0.15) is 22.9 Å². The first-order valence-electron chi connectivity index (χ1n) is 7.29. The number of furan rings is 1. The van der Waals surface area contributed by atoms with Crippen LogP contribution in [0.15, 0.2) is 46.4 Å². The minimum atomic E-state index is -1.29. The molecule has 0 bridgehead atoms. The molecule has 0 aliphatic heterocycles. The summed E-state index contributed by atoms with van der Waals surface area (Å²) in [7, 11) is 0. The molecule has 1 aromatic heterocycles. The maximum absolute atomic E-state index is 12.9. The average molecular weight is 317 g/mol. The van der Waals surface area contributed by atoms with Gasteiger partial charge in [0, 0.05) is 5.57 Å². The number of nitrogens with one attached hydrogen (secondary N) is 1. The van der Waals surface area contributed by atoms with Gasteiger partial charge in [-0.1, -0.05) is 12.1 Å². The molecule has 4 nitrogen and oxygen atoms in total. The molecule has 0 aliphatic carbocycles. The summed E-state index contributed by atoms with van der Waals surface area (Å²) in [6.07, 6.45) is 1.65. The van der Waals surface area contributed by atoms with E-state index in [1.54, 1.807) is 51.1 Å². The molecule has 2 aromatic rings. The quantitative estimate of drug-likeness (QED) is 0.833. The Morgan fingerprint density at radius 1 is 1.30 bits per heavy atom. The SMILES string of the molecule is CC(=Cc1ccc(F)cc1)C(=O)NCC(C)(O)c1ccc(C)o1. The number of amides is 1. The zero-order valence-corrected chi connectivity index (χ0v) is 13.4. The monoisotopic (exact) mass is 317 g/mol. The second kappa shape index (κ2) is 6.79. The molecule has 0 aliphatic rings. The minimum Gasteiger partial charge on any atom is -0.463 e. The van der Waals surface area contributed by atoms with Crippen molar-refractivity contribution in [3.05, 3.63) is 64.9 Å². The summed E-state index contributed by atoms with van der Waals surface area (Å²) < 4.78 is 18.3. The molecule has 0 fully saturated rings. The van der Waals surface area contributed by atoms with Crippen LogP contribution in [0.25, 0.3) is 6.08 Å². The van der Waals surface area contributed by atoms with E-state index in [1.807, 2.05) is 0 Å². The molecule has 1 aromatic carbocycles. The predicted molar refractivity (Wildman–Crippen MR) is 86.1 cm³/mol. The Kier molecular flexibility index (Phi) is 5.01. The van der Waals surface area contributed by atoms with E-state index in [4.69, 9.17) is 4.42 Å². The van der Waals surface area contributed by atoms with Crippen LogP contribution in [0.3, 0.4) is 0 Å². The van der Waals surface area contributed by atoms with Crippen molar-refractivity contribution in [3.63, 3.8) is 0 Å². The number of carbonyl (C=O) groups excluding carboxylic acids is 1. The highest BCUT2D eigenvalue weighted by Gasteiger charge is 2.27. The molecule has 122 valence electrons. The molecule has 0 radical (unpaired) electrons. The van der Waals surface area contributed by atoms with Gasteiger partial charge < -0.3 is 14.8 Å². The molecule has 23 heavy (non-hydrogen) atoms. The summed E-state index contributed by atoms with van der Waals surface area (Å²) in [6, 6.07) is 9.29. The number of halogens is 1. The van der Waals surface area contributed by atoms with Crippen molar-refractivity contribution in [2.24, 2.45) is 0 Å². The summed E-state index contributed by atoms with van der Waals surface area (Å²) in [5.41, 5.74) is -0.101. The normalized spacial score (nSPS) is 14.4. The van der Waals surface area contributed by atoms with Crippen LogP contribution in [0, 0.1) is 12.7 Å². The van der Waals surface area contributed by atoms with Crippen LogP contribution < -0.4 is 5.32 Å². The van der Waals surface area contributed by atoms with Crippen LogP contribution in [0.4, 0.5) is 4.39 Å². The molecule has 1 atom stereocenters. The molecular weight excluding hydrogens is 297 g/mol. The Morgan fingerprint density at radius 2 is 1.96 bits per heavy atom. The van der Waals surface area contributed by atoms with Gasteiger partial charge in [-0.25, -0.2) is 4.39 Å². The summed E-state index contributed by atoms with van der Waals surface area (Å²) in [5, 5.41) is 13.1. The van der Waals surface area contributed by atoms with E-state index in [9.17, 15) is 14.3 Å². The molecule has 0 saturated carbocycles. The summed E-state index contributed by atoms with van der Waals surface area (Å²) in [5.74, 6) is 0.460. The molecule has 1 unspecified atom stereocenters. The highest BCUT2D eigenvalue weighted by Crippen LogP contribution is 2.22. The molecule has 0 saturated heterocycles. The third-order valence-corrected chi connectivity index (χ3v) is 3.48. The maximum atomic E-state index is 12.9. The van der Waals surface area contributed by atoms with Gasteiger partial charge >= 0.3 is 0 Å². The van der Waals surface area contributed by atoms with E-state index < -0.39 is 5.60 Å². The number of hydrogen-bond donors (Lipinski definition) is 2. The first-order valence-corrected chi connectivity index (χ1v) is 7.29. The summed E-state index contributed by atoms with van der Waals surface area (Å²) in [6.45, 7) is 5.04. The fourth-order valence-electron chi connectivity index (χ4n) is 2.08. The third-order valence-electron chi connectivity index (χ3n) is 3.48. The molecule has 0 spiro atoms. The van der Waals surface area contributed by atoms with Crippen molar-refractivity contribution in [1.82, 2.24) is 5.32 Å². The number of aryl methyl sites for hydroxylation is 1. The van der Waals surface area contributed by atoms with Crippen molar-refractivity contribution in [2.45, 2.75) is 26.4 Å². The maximum Gasteiger partial charge on any atom is 0.247 e. The Hall–Kier alpha value is -2.40. The summed E-state index contributed by atoms with van der Waals surface area (Å²) >= 11 is 0. The van der Waals surface area contributed by atoms with Crippen LogP contribution in [0.1, 0.15) is 30.9 Å². The standard InChI is InChI=1S/C18H20FNO3/c1-12(10-14-5-7-15(19)8-6-14)17(21)20-11-18(3,22)16-9-4-13(2)23-16/h4-10,22H,11H2,1-3H3,(H,20,21). The predicted octanol–water partition coefficient (Wildman–Crippen LogP) is 3.15. The largest absolute Gasteiger partial charge is 0.463 e. The highest BCUT2D eigenvalue weighted by molar-refractivity contribution is 5.97. The Bertz CT molecular complexity index is 714. The molecule has 5 heteroatoms. The van der Waals surface area contributed by atoms with Crippen molar-refractivity contribution in [3.8, 4) is 0 Å². The number of hydrogen-bond acceptors (Lipinski definition) is 3. The molecule has 2 rings (SSSR count). The van der Waals surface area contributed by atoms with Gasteiger partial charge in [-0.15, -0.1) is 0 Å². The first kappa shape index (κ1) is 17.0. The average Bonchev–Trinajstić information content (AvgIpc) is 2.94. The minimum absolute atomic E-state index is 0.0212. The van der Waals surface area contributed by atoms with Crippen molar-refractivity contribution >= 4 is 12.0 Å². The van der Waals surface area contributed by atoms with Crippen LogP contribution in [-0.2, 0) is 10.4 Å². The zero-order valence-electron chi connectivity index (χ0n) is 13.4. The molecule has 1 amide bonds. The Morgan fingerprint density at radius 3 is 2.52 bits per heavy atom. The van der Waals surface area contributed by atoms with E-state index >= 15 is 0 Å². The van der Waals surface area contributed by atoms with Gasteiger partial charge in [0.2, 0.25) is 5.91 Å². The molecular formula is C18H20FNO3. The van der Waals surface area contributed by atoms with Crippen molar-refractivity contribution in [2.75, 3.05) is 6.54 Å². The van der Waals surface area contributed by atoms with Gasteiger partial charge in [0.15, 0.2) is 0 Å². The Balaban J connectivity index is 1.99. The second-order valence-electron chi connectivity index (χ2n) is 5.75. The lowest BCUT2D eigenvalue weighted by atomic mass is 10.0. The number of benzene rings is 1. The van der Waals surface area contributed by atoms with Crippen LogP contribution in [-0.4, -0.2) is 17.6 Å². The van der Waals surface area contributed by atoms with Gasteiger partial charge in [0.25, 0.3) is 0 Å². The second-order valence-corrected chi connectivity index (χ2v) is 5.75. The van der Waals surface area contributed by atoms with Crippen LogP contribution in [0.5, 0.6) is 0 Å². The van der Waals surface area contributed by atoms with Gasteiger partial charge in [-0.2, -0.15) is 0 Å². The van der Waals surface area contributed by atoms with Gasteiger partial charge in [0.05, 0.1) is 6.54 Å². The topological polar surface area (TPSA) is 62.5 Å². The lowest BCUT2D eigenvalue weighted by Gasteiger charge is -2.21. The lowest BCUT2D eigenvalue weighted by Crippen LogP contribution is -2.38. The van der Waals surface area contributed by atoms with Crippen LogP contribution >= 0.6 is 0 Å². The highest BCUT2D eigenvalue weighted by atomic mass is 19.1. The fourth-order valence-corrected chi connectivity index (χ4v) is 2.08. The molecule has 1 heterocycles. The smallest absolute Gasteiger partial charge is 0.247 e.